The van der Waals surface area contributed by atoms with Gasteiger partial charge in [0, 0.05) is 17.5 Å². The molecule has 4 heteroatoms. The average Bonchev–Trinajstić information content (AvgIpc) is 2.96. The minimum absolute atomic E-state index is 0.0579. The maximum absolute atomic E-state index is 13.6. The van der Waals surface area contributed by atoms with Crippen LogP contribution in [-0.4, -0.2) is 17.3 Å². The van der Waals surface area contributed by atoms with E-state index < -0.39 is 5.41 Å². The third kappa shape index (κ3) is 2.93. The van der Waals surface area contributed by atoms with Crippen molar-refractivity contribution in [1.29, 1.82) is 0 Å². The van der Waals surface area contributed by atoms with E-state index in [4.69, 9.17) is 0 Å². The van der Waals surface area contributed by atoms with Gasteiger partial charge < -0.3 is 0 Å². The fourth-order valence-corrected chi connectivity index (χ4v) is 3.87. The van der Waals surface area contributed by atoms with Crippen LogP contribution in [0.3, 0.4) is 0 Å². The molecule has 28 heavy (non-hydrogen) atoms. The normalized spacial score (nSPS) is 19.5. The number of ketones is 2. The van der Waals surface area contributed by atoms with Crippen molar-refractivity contribution in [2.75, 3.05) is 5.43 Å². The predicted molar refractivity (Wildman–Crippen MR) is 111 cm³/mol. The first-order chi connectivity index (χ1) is 13.6. The molecule has 1 atom stereocenters. The summed E-state index contributed by atoms with van der Waals surface area (Å²) in [4.78, 5) is 25.9. The highest BCUT2D eigenvalue weighted by Crippen LogP contribution is 2.43. The molecule has 0 heterocycles. The van der Waals surface area contributed by atoms with Crippen molar-refractivity contribution in [3.05, 3.63) is 102 Å². The summed E-state index contributed by atoms with van der Waals surface area (Å²) in [6.07, 6.45) is 0.0693. The lowest BCUT2D eigenvalue weighted by atomic mass is 9.72. The monoisotopic (exact) mass is 368 g/mol. The zero-order chi connectivity index (χ0) is 19.6. The number of rotatable bonds is 5. The molecule has 4 nitrogen and oxygen atoms in total. The second kappa shape index (κ2) is 7.24. The highest BCUT2D eigenvalue weighted by Gasteiger charge is 2.52. The molecule has 1 aliphatic rings. The van der Waals surface area contributed by atoms with Gasteiger partial charge in [-0.2, -0.15) is 5.10 Å². The Balaban J connectivity index is 1.94. The predicted octanol–water partition coefficient (Wildman–Crippen LogP) is 4.62. The summed E-state index contributed by atoms with van der Waals surface area (Å²) in [7, 11) is 0. The number of benzene rings is 3. The summed E-state index contributed by atoms with van der Waals surface area (Å²) in [5, 5.41) is 4.66. The summed E-state index contributed by atoms with van der Waals surface area (Å²) < 4.78 is 0. The van der Waals surface area contributed by atoms with E-state index in [2.05, 4.69) is 10.5 Å². The molecular weight excluding hydrogens is 348 g/mol. The van der Waals surface area contributed by atoms with Crippen LogP contribution in [0.2, 0.25) is 0 Å². The van der Waals surface area contributed by atoms with Gasteiger partial charge in [-0.3, -0.25) is 15.0 Å². The van der Waals surface area contributed by atoms with Crippen molar-refractivity contribution in [2.45, 2.75) is 18.8 Å². The largest absolute Gasteiger partial charge is 0.300 e. The summed E-state index contributed by atoms with van der Waals surface area (Å²) in [6, 6.07) is 26.4. The quantitative estimate of drug-likeness (QED) is 0.669. The molecule has 0 saturated carbocycles. The molecule has 1 N–H and O–H groups in total. The fourth-order valence-electron chi connectivity index (χ4n) is 3.87. The highest BCUT2D eigenvalue weighted by molar-refractivity contribution is 6.36. The average molecular weight is 368 g/mol. The number of anilines is 1. The van der Waals surface area contributed by atoms with Crippen LogP contribution >= 0.6 is 0 Å². The smallest absolute Gasteiger partial charge is 0.180 e. The minimum atomic E-state index is -1.13. The maximum atomic E-state index is 13.6. The standard InChI is InChI=1S/C24H20N2O2/c1-17(27)16-24(18-10-4-2-5-11-18)22(26-25-19-12-6-3-7-13-19)20-14-8-9-15-21(20)23(24)28/h2-15,25H,16H2,1H3. The number of carbonyl (C=O) groups excluding carboxylic acids is 2. The van der Waals surface area contributed by atoms with E-state index in [-0.39, 0.29) is 18.0 Å². The number of hydrogen-bond donors (Lipinski definition) is 1. The van der Waals surface area contributed by atoms with E-state index in [1.54, 1.807) is 6.07 Å². The van der Waals surface area contributed by atoms with Gasteiger partial charge in [-0.15, -0.1) is 0 Å². The second-order valence-corrected chi connectivity index (χ2v) is 6.96. The van der Waals surface area contributed by atoms with Gasteiger partial charge in [0.1, 0.15) is 11.2 Å². The van der Waals surface area contributed by atoms with Crippen LogP contribution < -0.4 is 5.43 Å². The maximum Gasteiger partial charge on any atom is 0.180 e. The third-order valence-electron chi connectivity index (χ3n) is 5.07. The van der Waals surface area contributed by atoms with Gasteiger partial charge in [0.15, 0.2) is 5.78 Å². The van der Waals surface area contributed by atoms with Crippen LogP contribution in [-0.2, 0) is 10.2 Å². The van der Waals surface area contributed by atoms with Gasteiger partial charge in [0.25, 0.3) is 0 Å². The minimum Gasteiger partial charge on any atom is -0.300 e. The van der Waals surface area contributed by atoms with E-state index in [1.807, 2.05) is 78.9 Å². The molecule has 0 fully saturated rings. The molecule has 0 amide bonds. The highest BCUT2D eigenvalue weighted by atomic mass is 16.1. The molecule has 0 saturated heterocycles. The molecule has 138 valence electrons. The zero-order valence-corrected chi connectivity index (χ0v) is 15.6. The van der Waals surface area contributed by atoms with E-state index in [1.165, 1.54) is 6.92 Å². The van der Waals surface area contributed by atoms with Crippen molar-refractivity contribution in [1.82, 2.24) is 0 Å². The Kier molecular flexibility index (Phi) is 4.62. The number of nitrogens with one attached hydrogen (secondary N) is 1. The Labute approximate surface area is 163 Å². The molecular formula is C24H20N2O2. The van der Waals surface area contributed by atoms with E-state index in [9.17, 15) is 9.59 Å². The number of fused-ring (bicyclic) bond motifs is 1. The molecule has 4 rings (SSSR count). The molecule has 0 bridgehead atoms. The lowest BCUT2D eigenvalue weighted by Gasteiger charge is -2.28. The van der Waals surface area contributed by atoms with E-state index >= 15 is 0 Å². The number of carbonyl (C=O) groups is 2. The molecule has 3 aromatic rings. The van der Waals surface area contributed by atoms with Crippen molar-refractivity contribution >= 4 is 23.0 Å². The number of para-hydroxylation sites is 1. The Morgan fingerprint density at radius 3 is 2.07 bits per heavy atom. The topological polar surface area (TPSA) is 58.5 Å². The van der Waals surface area contributed by atoms with Gasteiger partial charge in [0.2, 0.25) is 0 Å². The first-order valence-corrected chi connectivity index (χ1v) is 9.21. The Morgan fingerprint density at radius 2 is 1.43 bits per heavy atom. The van der Waals surface area contributed by atoms with Crippen molar-refractivity contribution in [3.63, 3.8) is 0 Å². The fraction of sp³-hybridized carbons (Fsp3) is 0.125. The van der Waals surface area contributed by atoms with Crippen LogP contribution in [0.5, 0.6) is 0 Å². The summed E-state index contributed by atoms with van der Waals surface area (Å²) in [6.45, 7) is 1.52. The molecule has 1 aliphatic carbocycles. The third-order valence-corrected chi connectivity index (χ3v) is 5.07. The Hall–Kier alpha value is -3.53. The first kappa shape index (κ1) is 17.9. The molecule has 3 aromatic carbocycles. The van der Waals surface area contributed by atoms with Crippen LogP contribution in [0.4, 0.5) is 5.69 Å². The van der Waals surface area contributed by atoms with Gasteiger partial charge >= 0.3 is 0 Å². The van der Waals surface area contributed by atoms with Gasteiger partial charge in [-0.1, -0.05) is 72.8 Å². The SMILES string of the molecule is CC(=O)CC1(c2ccccc2)C(=O)c2ccccc2C1=NNc1ccccc1. The zero-order valence-electron chi connectivity index (χ0n) is 15.6. The Morgan fingerprint density at radius 1 is 0.857 bits per heavy atom. The van der Waals surface area contributed by atoms with Crippen LogP contribution in [0.1, 0.15) is 34.8 Å². The molecule has 0 aliphatic heterocycles. The molecule has 0 spiro atoms. The number of hydrogen-bond acceptors (Lipinski definition) is 4. The Bertz CT molecular complexity index is 1060. The van der Waals surface area contributed by atoms with Gasteiger partial charge in [-0.05, 0) is 24.6 Å². The number of Topliss-reactive ketones (excluding diaryl/α,β-unsaturated/α-hetero) is 2. The van der Waals surface area contributed by atoms with Crippen molar-refractivity contribution < 1.29 is 9.59 Å². The number of hydrazone groups is 1. The van der Waals surface area contributed by atoms with Gasteiger partial charge in [-0.25, -0.2) is 0 Å². The van der Waals surface area contributed by atoms with Crippen LogP contribution in [0, 0.1) is 0 Å². The first-order valence-electron chi connectivity index (χ1n) is 9.21. The second-order valence-electron chi connectivity index (χ2n) is 6.96. The lowest BCUT2D eigenvalue weighted by Crippen LogP contribution is -2.41. The molecule has 1 unspecified atom stereocenters. The van der Waals surface area contributed by atoms with Crippen LogP contribution in [0.15, 0.2) is 90.0 Å². The summed E-state index contributed by atoms with van der Waals surface area (Å²) in [5.41, 5.74) is 5.48. The molecule has 0 aromatic heterocycles. The number of nitrogens with zero attached hydrogens (tertiary/aromatic N) is 1. The van der Waals surface area contributed by atoms with E-state index in [0.29, 0.717) is 11.3 Å². The van der Waals surface area contributed by atoms with Crippen molar-refractivity contribution in [3.8, 4) is 0 Å². The van der Waals surface area contributed by atoms with Gasteiger partial charge in [0.05, 0.1) is 11.4 Å². The van der Waals surface area contributed by atoms with Crippen molar-refractivity contribution in [2.24, 2.45) is 5.10 Å². The summed E-state index contributed by atoms with van der Waals surface area (Å²) >= 11 is 0. The lowest BCUT2D eigenvalue weighted by molar-refractivity contribution is -0.117. The van der Waals surface area contributed by atoms with E-state index in [0.717, 1.165) is 16.8 Å². The summed E-state index contributed by atoms with van der Waals surface area (Å²) in [5.74, 6) is -0.143. The van der Waals surface area contributed by atoms with Crippen LogP contribution in [0.25, 0.3) is 0 Å². The molecule has 0 radical (unpaired) electrons.